The molecular weight excluding hydrogens is 206 g/mol. The van der Waals surface area contributed by atoms with Crippen molar-refractivity contribution in [3.05, 3.63) is 11.6 Å². The monoisotopic (exact) mass is 237 g/mol. The van der Waals surface area contributed by atoms with Crippen molar-refractivity contribution in [2.75, 3.05) is 13.1 Å². The Labute approximate surface area is 108 Å². The van der Waals surface area contributed by atoms with E-state index in [9.17, 15) is 0 Å². The van der Waals surface area contributed by atoms with Gasteiger partial charge < -0.3 is 5.32 Å². The van der Waals surface area contributed by atoms with Crippen molar-refractivity contribution in [3.63, 3.8) is 0 Å². The van der Waals surface area contributed by atoms with Gasteiger partial charge in [0.2, 0.25) is 0 Å². The summed E-state index contributed by atoms with van der Waals surface area (Å²) in [6, 6.07) is 0. The zero-order valence-electron chi connectivity index (χ0n) is 12.1. The number of rotatable bonds is 6. The summed E-state index contributed by atoms with van der Waals surface area (Å²) in [4.78, 5) is 0. The molecule has 0 saturated heterocycles. The second kappa shape index (κ2) is 8.74. The van der Waals surface area contributed by atoms with E-state index >= 15 is 0 Å². The Balaban J connectivity index is 2.18. The standard InChI is InChI=1S/C16H31N/c1-14(2)13-17-12-8-9-15(3)16-10-6-4-5-7-11-16/h9,14,16-17H,4-8,10-13H2,1-3H3/b15-9-. The highest BCUT2D eigenvalue weighted by atomic mass is 14.8. The zero-order valence-corrected chi connectivity index (χ0v) is 12.1. The smallest absolute Gasteiger partial charge is 0.00141 e. The van der Waals surface area contributed by atoms with Gasteiger partial charge in [-0.3, -0.25) is 0 Å². The molecule has 1 fully saturated rings. The van der Waals surface area contributed by atoms with E-state index in [2.05, 4.69) is 32.2 Å². The van der Waals surface area contributed by atoms with Crippen molar-refractivity contribution in [2.24, 2.45) is 11.8 Å². The molecule has 0 radical (unpaired) electrons. The lowest BCUT2D eigenvalue weighted by Gasteiger charge is -2.15. The van der Waals surface area contributed by atoms with Crippen molar-refractivity contribution in [3.8, 4) is 0 Å². The van der Waals surface area contributed by atoms with Crippen LogP contribution in [0.5, 0.6) is 0 Å². The minimum Gasteiger partial charge on any atom is -0.316 e. The normalized spacial score (nSPS) is 19.6. The van der Waals surface area contributed by atoms with Crippen molar-refractivity contribution < 1.29 is 0 Å². The highest BCUT2D eigenvalue weighted by Gasteiger charge is 2.13. The quantitative estimate of drug-likeness (QED) is 0.406. The first kappa shape index (κ1) is 14.8. The Hall–Kier alpha value is -0.300. The summed E-state index contributed by atoms with van der Waals surface area (Å²) >= 11 is 0. The van der Waals surface area contributed by atoms with Gasteiger partial charge in [0.25, 0.3) is 0 Å². The van der Waals surface area contributed by atoms with E-state index in [-0.39, 0.29) is 0 Å². The van der Waals surface area contributed by atoms with Gasteiger partial charge in [-0.05, 0) is 51.1 Å². The molecule has 0 aliphatic heterocycles. The lowest BCUT2D eigenvalue weighted by molar-refractivity contribution is 0.524. The summed E-state index contributed by atoms with van der Waals surface area (Å²) in [6.45, 7) is 9.16. The highest BCUT2D eigenvalue weighted by Crippen LogP contribution is 2.28. The Morgan fingerprint density at radius 3 is 2.41 bits per heavy atom. The third kappa shape index (κ3) is 6.88. The van der Waals surface area contributed by atoms with Crippen LogP contribution in [0, 0.1) is 11.8 Å². The maximum atomic E-state index is 3.51. The molecule has 0 bridgehead atoms. The predicted octanol–water partition coefficient (Wildman–Crippen LogP) is 4.54. The molecule has 0 heterocycles. The average molecular weight is 237 g/mol. The molecule has 0 aromatic heterocycles. The summed E-state index contributed by atoms with van der Waals surface area (Å²) in [5.74, 6) is 1.66. The van der Waals surface area contributed by atoms with Crippen LogP contribution in [0.1, 0.15) is 65.7 Å². The van der Waals surface area contributed by atoms with Crippen molar-refractivity contribution >= 4 is 0 Å². The second-order valence-corrected chi connectivity index (χ2v) is 6.02. The molecule has 1 nitrogen and oxygen atoms in total. The molecule has 100 valence electrons. The van der Waals surface area contributed by atoms with Gasteiger partial charge in [-0.15, -0.1) is 0 Å². The number of nitrogens with one attached hydrogen (secondary N) is 1. The summed E-state index contributed by atoms with van der Waals surface area (Å²) < 4.78 is 0. The minimum atomic E-state index is 0.766. The van der Waals surface area contributed by atoms with E-state index in [1.165, 1.54) is 44.9 Å². The first-order valence-electron chi connectivity index (χ1n) is 7.57. The molecule has 0 amide bonds. The van der Waals surface area contributed by atoms with Crippen LogP contribution < -0.4 is 5.32 Å². The van der Waals surface area contributed by atoms with Crippen LogP contribution in [-0.4, -0.2) is 13.1 Å². The first-order valence-corrected chi connectivity index (χ1v) is 7.57. The molecule has 1 aliphatic carbocycles. The molecule has 0 atom stereocenters. The summed E-state index contributed by atoms with van der Waals surface area (Å²) in [5.41, 5.74) is 1.65. The van der Waals surface area contributed by atoms with E-state index in [1.807, 2.05) is 0 Å². The van der Waals surface area contributed by atoms with Crippen molar-refractivity contribution in [2.45, 2.75) is 65.7 Å². The zero-order chi connectivity index (χ0) is 12.5. The van der Waals surface area contributed by atoms with E-state index in [0.29, 0.717) is 0 Å². The van der Waals surface area contributed by atoms with Crippen LogP contribution in [0.4, 0.5) is 0 Å². The van der Waals surface area contributed by atoms with Crippen LogP contribution in [0.15, 0.2) is 11.6 Å². The molecule has 1 heteroatoms. The maximum Gasteiger partial charge on any atom is -0.00141 e. The van der Waals surface area contributed by atoms with Gasteiger partial charge in [0.05, 0.1) is 0 Å². The molecule has 0 aromatic rings. The Kier molecular flexibility index (Phi) is 7.59. The van der Waals surface area contributed by atoms with E-state index in [1.54, 1.807) is 5.57 Å². The van der Waals surface area contributed by atoms with Crippen LogP contribution in [-0.2, 0) is 0 Å². The Morgan fingerprint density at radius 1 is 1.18 bits per heavy atom. The molecule has 1 saturated carbocycles. The van der Waals surface area contributed by atoms with Crippen LogP contribution in [0.25, 0.3) is 0 Å². The fourth-order valence-electron chi connectivity index (χ4n) is 2.69. The van der Waals surface area contributed by atoms with Gasteiger partial charge >= 0.3 is 0 Å². The lowest BCUT2D eigenvalue weighted by atomic mass is 9.92. The fraction of sp³-hybridized carbons (Fsp3) is 0.875. The van der Waals surface area contributed by atoms with E-state index in [4.69, 9.17) is 0 Å². The Morgan fingerprint density at radius 2 is 1.82 bits per heavy atom. The molecule has 17 heavy (non-hydrogen) atoms. The van der Waals surface area contributed by atoms with Crippen molar-refractivity contribution in [1.29, 1.82) is 0 Å². The predicted molar refractivity (Wildman–Crippen MR) is 77.3 cm³/mol. The third-order valence-electron chi connectivity index (χ3n) is 3.84. The van der Waals surface area contributed by atoms with Crippen LogP contribution in [0.2, 0.25) is 0 Å². The van der Waals surface area contributed by atoms with Gasteiger partial charge in [-0.1, -0.05) is 51.2 Å². The number of allylic oxidation sites excluding steroid dienone is 1. The second-order valence-electron chi connectivity index (χ2n) is 6.02. The molecule has 0 aromatic carbocycles. The largest absolute Gasteiger partial charge is 0.316 e. The molecule has 1 N–H and O–H groups in total. The number of hydrogen-bond donors (Lipinski definition) is 1. The van der Waals surface area contributed by atoms with Crippen LogP contribution >= 0.6 is 0 Å². The SMILES string of the molecule is C/C(=C/CCNCC(C)C)C1CCCCCC1. The van der Waals surface area contributed by atoms with Gasteiger partial charge in [0.1, 0.15) is 0 Å². The van der Waals surface area contributed by atoms with Gasteiger partial charge in [0, 0.05) is 0 Å². The van der Waals surface area contributed by atoms with Crippen LogP contribution in [0.3, 0.4) is 0 Å². The number of hydrogen-bond acceptors (Lipinski definition) is 1. The molecule has 0 spiro atoms. The first-order chi connectivity index (χ1) is 8.20. The van der Waals surface area contributed by atoms with Gasteiger partial charge in [-0.25, -0.2) is 0 Å². The van der Waals surface area contributed by atoms with Crippen molar-refractivity contribution in [1.82, 2.24) is 5.32 Å². The summed E-state index contributed by atoms with van der Waals surface area (Å²) in [6.07, 6.45) is 12.4. The highest BCUT2D eigenvalue weighted by molar-refractivity contribution is 5.04. The van der Waals surface area contributed by atoms with E-state index in [0.717, 1.165) is 24.9 Å². The summed E-state index contributed by atoms with van der Waals surface area (Å²) in [7, 11) is 0. The maximum absolute atomic E-state index is 3.51. The molecule has 1 aliphatic rings. The fourth-order valence-corrected chi connectivity index (χ4v) is 2.69. The third-order valence-corrected chi connectivity index (χ3v) is 3.84. The molecule has 0 unspecified atom stereocenters. The van der Waals surface area contributed by atoms with E-state index < -0.39 is 0 Å². The lowest BCUT2D eigenvalue weighted by Crippen LogP contribution is -2.20. The molecular formula is C16H31N. The van der Waals surface area contributed by atoms with Gasteiger partial charge in [0.15, 0.2) is 0 Å². The summed E-state index contributed by atoms with van der Waals surface area (Å²) in [5, 5.41) is 3.51. The van der Waals surface area contributed by atoms with Gasteiger partial charge in [-0.2, -0.15) is 0 Å². The minimum absolute atomic E-state index is 0.766. The molecule has 1 rings (SSSR count). The average Bonchev–Trinajstić information content (AvgIpc) is 2.56. The Bertz CT molecular complexity index is 210. The topological polar surface area (TPSA) is 12.0 Å².